The van der Waals surface area contributed by atoms with Gasteiger partial charge in [-0.2, -0.15) is 13.2 Å². The van der Waals surface area contributed by atoms with Crippen LogP contribution in [0.1, 0.15) is 13.3 Å². The number of carbonyl (C=O) groups is 2. The van der Waals surface area contributed by atoms with Crippen molar-refractivity contribution in [1.82, 2.24) is 15.5 Å². The Morgan fingerprint density at radius 2 is 2.06 bits per heavy atom. The molecule has 0 bridgehead atoms. The number of amides is 2. The van der Waals surface area contributed by atoms with E-state index in [0.717, 1.165) is 0 Å². The summed E-state index contributed by atoms with van der Waals surface area (Å²) in [4.78, 5) is 23.8. The number of alkyl halides is 3. The zero-order valence-electron chi connectivity index (χ0n) is 10.0. The molecule has 1 aliphatic rings. The van der Waals surface area contributed by atoms with Gasteiger partial charge in [0.25, 0.3) is 0 Å². The molecule has 8 heteroatoms. The first kappa shape index (κ1) is 14.7. The Kier molecular flexibility index (Phi) is 4.94. The average Bonchev–Trinajstić information content (AvgIpc) is 2.63. The number of hydrogen-bond acceptors (Lipinski definition) is 3. The summed E-state index contributed by atoms with van der Waals surface area (Å²) in [6, 6.07) is -0.103. The van der Waals surface area contributed by atoms with Crippen LogP contribution in [-0.4, -0.2) is 55.1 Å². The summed E-state index contributed by atoms with van der Waals surface area (Å²) >= 11 is 0. The molecular formula is C10H16F3N3O2. The van der Waals surface area contributed by atoms with Crippen molar-refractivity contribution < 1.29 is 22.8 Å². The second-order valence-electron chi connectivity index (χ2n) is 4.24. The minimum atomic E-state index is -4.32. The highest BCUT2D eigenvalue weighted by Crippen LogP contribution is 2.12. The van der Waals surface area contributed by atoms with Crippen LogP contribution in [0, 0.1) is 0 Å². The zero-order valence-corrected chi connectivity index (χ0v) is 10.0. The van der Waals surface area contributed by atoms with Gasteiger partial charge in [-0.25, -0.2) is 0 Å². The molecule has 0 saturated carbocycles. The molecule has 0 aromatic heterocycles. The third kappa shape index (κ3) is 5.35. The molecule has 1 atom stereocenters. The SMILES string of the molecule is CC(=O)NC1CCN(C(=O)CNCC(F)(F)F)C1. The first-order valence-corrected chi connectivity index (χ1v) is 5.60. The zero-order chi connectivity index (χ0) is 13.8. The molecule has 0 radical (unpaired) electrons. The van der Waals surface area contributed by atoms with E-state index in [1.807, 2.05) is 0 Å². The standard InChI is InChI=1S/C10H16F3N3O2/c1-7(17)15-8-2-3-16(5-8)9(18)4-14-6-10(11,12)13/h8,14H,2-6H2,1H3,(H,15,17). The van der Waals surface area contributed by atoms with E-state index >= 15 is 0 Å². The Hall–Kier alpha value is -1.31. The third-order valence-electron chi connectivity index (χ3n) is 2.55. The van der Waals surface area contributed by atoms with Crippen LogP contribution in [-0.2, 0) is 9.59 Å². The molecule has 1 unspecified atom stereocenters. The van der Waals surface area contributed by atoms with Crippen LogP contribution in [0.4, 0.5) is 13.2 Å². The molecule has 1 heterocycles. The minimum Gasteiger partial charge on any atom is -0.352 e. The smallest absolute Gasteiger partial charge is 0.352 e. The largest absolute Gasteiger partial charge is 0.401 e. The van der Waals surface area contributed by atoms with Crippen LogP contribution >= 0.6 is 0 Å². The van der Waals surface area contributed by atoms with Gasteiger partial charge >= 0.3 is 6.18 Å². The van der Waals surface area contributed by atoms with Gasteiger partial charge in [-0.1, -0.05) is 0 Å². The van der Waals surface area contributed by atoms with Crippen LogP contribution in [0.2, 0.25) is 0 Å². The van der Waals surface area contributed by atoms with Gasteiger partial charge in [-0.15, -0.1) is 0 Å². The maximum absolute atomic E-state index is 11.9. The Labute approximate surface area is 103 Å². The Bertz CT molecular complexity index is 320. The number of carbonyl (C=O) groups excluding carboxylic acids is 2. The maximum Gasteiger partial charge on any atom is 0.401 e. The molecule has 0 spiro atoms. The molecule has 18 heavy (non-hydrogen) atoms. The van der Waals surface area contributed by atoms with Gasteiger partial charge in [0.2, 0.25) is 11.8 Å². The van der Waals surface area contributed by atoms with Crippen LogP contribution < -0.4 is 10.6 Å². The van der Waals surface area contributed by atoms with E-state index in [2.05, 4.69) is 10.6 Å². The van der Waals surface area contributed by atoms with E-state index in [9.17, 15) is 22.8 Å². The second-order valence-corrected chi connectivity index (χ2v) is 4.24. The van der Waals surface area contributed by atoms with Crippen molar-refractivity contribution in [3.8, 4) is 0 Å². The van der Waals surface area contributed by atoms with E-state index in [-0.39, 0.29) is 24.4 Å². The van der Waals surface area contributed by atoms with Gasteiger partial charge < -0.3 is 15.5 Å². The molecule has 1 fully saturated rings. The molecule has 0 aromatic rings. The molecule has 1 aliphatic heterocycles. The fourth-order valence-electron chi connectivity index (χ4n) is 1.82. The highest BCUT2D eigenvalue weighted by Gasteiger charge is 2.29. The molecule has 5 nitrogen and oxygen atoms in total. The summed E-state index contributed by atoms with van der Waals surface area (Å²) in [5.74, 6) is -0.559. The van der Waals surface area contributed by atoms with E-state index in [1.54, 1.807) is 0 Å². The average molecular weight is 267 g/mol. The number of hydrogen-bond donors (Lipinski definition) is 2. The van der Waals surface area contributed by atoms with E-state index in [0.29, 0.717) is 19.5 Å². The normalized spacial score (nSPS) is 20.0. The number of nitrogens with zero attached hydrogens (tertiary/aromatic N) is 1. The summed E-state index contributed by atoms with van der Waals surface area (Å²) in [6.45, 7) is 0.674. The van der Waals surface area contributed by atoms with Crippen molar-refractivity contribution in [3.05, 3.63) is 0 Å². The van der Waals surface area contributed by atoms with E-state index < -0.39 is 12.7 Å². The summed E-state index contributed by atoms with van der Waals surface area (Å²) in [7, 11) is 0. The van der Waals surface area contributed by atoms with E-state index in [1.165, 1.54) is 11.8 Å². The molecule has 2 N–H and O–H groups in total. The number of likely N-dealkylation sites (tertiary alicyclic amines) is 1. The topological polar surface area (TPSA) is 61.4 Å². The predicted octanol–water partition coefficient (Wildman–Crippen LogP) is -0.125. The van der Waals surface area contributed by atoms with Crippen molar-refractivity contribution in [3.63, 3.8) is 0 Å². The predicted molar refractivity (Wildman–Crippen MR) is 57.7 cm³/mol. The van der Waals surface area contributed by atoms with Crippen LogP contribution in [0.3, 0.4) is 0 Å². The number of halogens is 3. The van der Waals surface area contributed by atoms with Crippen molar-refractivity contribution >= 4 is 11.8 Å². The second kappa shape index (κ2) is 6.03. The third-order valence-corrected chi connectivity index (χ3v) is 2.55. The summed E-state index contributed by atoms with van der Waals surface area (Å²) in [5.41, 5.74) is 0. The molecule has 104 valence electrons. The number of rotatable bonds is 4. The summed E-state index contributed by atoms with van der Waals surface area (Å²) < 4.78 is 35.6. The van der Waals surface area contributed by atoms with Crippen molar-refractivity contribution in [2.75, 3.05) is 26.2 Å². The van der Waals surface area contributed by atoms with Crippen molar-refractivity contribution in [2.24, 2.45) is 0 Å². The number of nitrogens with one attached hydrogen (secondary N) is 2. The van der Waals surface area contributed by atoms with Crippen molar-refractivity contribution in [2.45, 2.75) is 25.6 Å². The van der Waals surface area contributed by atoms with Gasteiger partial charge in [0.15, 0.2) is 0 Å². The lowest BCUT2D eigenvalue weighted by atomic mass is 10.3. The van der Waals surface area contributed by atoms with Gasteiger partial charge in [-0.3, -0.25) is 9.59 Å². The maximum atomic E-state index is 11.9. The van der Waals surface area contributed by atoms with Gasteiger partial charge in [0, 0.05) is 26.1 Å². The first-order chi connectivity index (χ1) is 8.28. The minimum absolute atomic E-state index is 0.103. The monoisotopic (exact) mass is 267 g/mol. The lowest BCUT2D eigenvalue weighted by molar-refractivity contribution is -0.133. The highest BCUT2D eigenvalue weighted by molar-refractivity contribution is 5.79. The quantitative estimate of drug-likeness (QED) is 0.746. The molecule has 1 rings (SSSR count). The Morgan fingerprint density at radius 1 is 1.39 bits per heavy atom. The Balaban J connectivity index is 2.25. The molecule has 1 saturated heterocycles. The van der Waals surface area contributed by atoms with Crippen molar-refractivity contribution in [1.29, 1.82) is 0 Å². The first-order valence-electron chi connectivity index (χ1n) is 5.60. The van der Waals surface area contributed by atoms with Gasteiger partial charge in [0.05, 0.1) is 13.1 Å². The van der Waals surface area contributed by atoms with Gasteiger partial charge in [-0.05, 0) is 6.42 Å². The molecule has 0 aromatic carbocycles. The molecule has 2 amide bonds. The lowest BCUT2D eigenvalue weighted by Gasteiger charge is -2.17. The van der Waals surface area contributed by atoms with Crippen LogP contribution in [0.25, 0.3) is 0 Å². The molecular weight excluding hydrogens is 251 g/mol. The Morgan fingerprint density at radius 3 is 2.61 bits per heavy atom. The fraction of sp³-hybridized carbons (Fsp3) is 0.800. The van der Waals surface area contributed by atoms with E-state index in [4.69, 9.17) is 0 Å². The van der Waals surface area contributed by atoms with Crippen LogP contribution in [0.5, 0.6) is 0 Å². The molecule has 0 aliphatic carbocycles. The summed E-state index contributed by atoms with van der Waals surface area (Å²) in [6.07, 6.45) is -3.69. The highest BCUT2D eigenvalue weighted by atomic mass is 19.4. The summed E-state index contributed by atoms with van der Waals surface area (Å²) in [5, 5.41) is 4.73. The lowest BCUT2D eigenvalue weighted by Crippen LogP contribution is -2.42. The van der Waals surface area contributed by atoms with Crippen LogP contribution in [0.15, 0.2) is 0 Å². The van der Waals surface area contributed by atoms with Gasteiger partial charge in [0.1, 0.15) is 0 Å². The fourth-order valence-corrected chi connectivity index (χ4v) is 1.82.